The fourth-order valence-electron chi connectivity index (χ4n) is 2.83. The number of hydrogen-bond acceptors (Lipinski definition) is 4. The maximum absolute atomic E-state index is 14.1. The predicted molar refractivity (Wildman–Crippen MR) is 103 cm³/mol. The normalized spacial score (nSPS) is 10.8. The first-order chi connectivity index (χ1) is 13.5. The first-order valence-corrected chi connectivity index (χ1v) is 8.68. The molecule has 7 nitrogen and oxygen atoms in total. The molecule has 0 radical (unpaired) electrons. The number of amides is 1. The van der Waals surface area contributed by atoms with Gasteiger partial charge in [-0.05, 0) is 37.3 Å². The lowest BCUT2D eigenvalue weighted by atomic mass is 10.2. The molecule has 0 aliphatic heterocycles. The summed E-state index contributed by atoms with van der Waals surface area (Å²) in [6.07, 6.45) is 4.31. The molecule has 0 bridgehead atoms. The number of hydrogen-bond donors (Lipinski definition) is 1. The zero-order valence-electron chi connectivity index (χ0n) is 14.7. The van der Waals surface area contributed by atoms with Gasteiger partial charge in [-0.2, -0.15) is 10.2 Å². The van der Waals surface area contributed by atoms with E-state index in [4.69, 9.17) is 11.6 Å². The largest absolute Gasteiger partial charge is 0.320 e. The van der Waals surface area contributed by atoms with Crippen molar-refractivity contribution in [2.24, 2.45) is 0 Å². The summed E-state index contributed by atoms with van der Waals surface area (Å²) in [6.45, 7) is 1.70. The lowest BCUT2D eigenvalue weighted by Crippen LogP contribution is -2.15. The third-order valence-electron chi connectivity index (χ3n) is 4.21. The highest BCUT2D eigenvalue weighted by Crippen LogP contribution is 2.25. The molecule has 4 aromatic rings. The zero-order valence-corrected chi connectivity index (χ0v) is 15.4. The first-order valence-electron chi connectivity index (χ1n) is 8.30. The van der Waals surface area contributed by atoms with Crippen LogP contribution in [0.1, 0.15) is 16.1 Å². The van der Waals surface area contributed by atoms with Gasteiger partial charge in [0.15, 0.2) is 0 Å². The second-order valence-electron chi connectivity index (χ2n) is 5.96. The molecule has 0 fully saturated rings. The van der Waals surface area contributed by atoms with Crippen LogP contribution in [-0.4, -0.2) is 30.5 Å². The molecule has 2 aromatic carbocycles. The van der Waals surface area contributed by atoms with Crippen LogP contribution in [0, 0.1) is 12.7 Å². The molecule has 140 valence electrons. The van der Waals surface area contributed by atoms with Gasteiger partial charge in [0.1, 0.15) is 24.2 Å². The number of nitrogens with zero attached hydrogens (tertiary/aromatic N) is 5. The summed E-state index contributed by atoms with van der Waals surface area (Å²) < 4.78 is 17.0. The van der Waals surface area contributed by atoms with Crippen LogP contribution in [0.2, 0.25) is 5.02 Å². The van der Waals surface area contributed by atoms with E-state index < -0.39 is 11.7 Å². The number of carbonyl (C=O) groups is 1. The van der Waals surface area contributed by atoms with Gasteiger partial charge in [-0.1, -0.05) is 23.7 Å². The molecule has 0 spiro atoms. The molecule has 0 aliphatic carbocycles. The second-order valence-corrected chi connectivity index (χ2v) is 6.40. The molecule has 0 aliphatic rings. The Bertz CT molecular complexity index is 1160. The number of para-hydroxylation sites is 1. The third-order valence-corrected chi connectivity index (χ3v) is 4.44. The molecule has 9 heteroatoms. The summed E-state index contributed by atoms with van der Waals surface area (Å²) in [5, 5.41) is 11.5. The number of nitrogens with one attached hydrogen (secondary N) is 1. The maximum Gasteiger partial charge on any atom is 0.259 e. The topological polar surface area (TPSA) is 77.6 Å². The van der Waals surface area contributed by atoms with Crippen LogP contribution >= 0.6 is 11.6 Å². The van der Waals surface area contributed by atoms with Gasteiger partial charge in [0.2, 0.25) is 0 Å². The van der Waals surface area contributed by atoms with Crippen LogP contribution < -0.4 is 5.32 Å². The Labute approximate surface area is 164 Å². The molecule has 0 saturated heterocycles. The number of halogens is 2. The highest BCUT2D eigenvalue weighted by atomic mass is 35.5. The Kier molecular flexibility index (Phi) is 4.62. The molecule has 1 N–H and O–H groups in total. The minimum Gasteiger partial charge on any atom is -0.320 e. The number of anilines is 1. The number of aromatic nitrogens is 5. The van der Waals surface area contributed by atoms with E-state index in [1.165, 1.54) is 34.3 Å². The lowest BCUT2D eigenvalue weighted by molar-refractivity contribution is 0.102. The summed E-state index contributed by atoms with van der Waals surface area (Å²) in [5.74, 6) is -0.826. The SMILES string of the molecule is Cc1c(C(=O)Nc2cc(Cl)ccc2-n2cncn2)cnn1-c1ccccc1F. The van der Waals surface area contributed by atoms with Gasteiger partial charge in [0, 0.05) is 5.02 Å². The van der Waals surface area contributed by atoms with E-state index in [0.717, 1.165) is 0 Å². The molecule has 4 rings (SSSR count). The number of benzene rings is 2. The molecule has 0 unspecified atom stereocenters. The maximum atomic E-state index is 14.1. The van der Waals surface area contributed by atoms with Crippen LogP contribution in [0.15, 0.2) is 61.3 Å². The monoisotopic (exact) mass is 396 g/mol. The summed E-state index contributed by atoms with van der Waals surface area (Å²) in [7, 11) is 0. The molecular formula is C19H14ClFN6O. The van der Waals surface area contributed by atoms with Gasteiger partial charge < -0.3 is 5.32 Å². The molecule has 2 heterocycles. The fourth-order valence-corrected chi connectivity index (χ4v) is 3.00. The van der Waals surface area contributed by atoms with E-state index in [1.54, 1.807) is 43.3 Å². The Morgan fingerprint density at radius 3 is 2.71 bits per heavy atom. The summed E-state index contributed by atoms with van der Waals surface area (Å²) in [4.78, 5) is 16.8. The molecular weight excluding hydrogens is 383 g/mol. The quantitative estimate of drug-likeness (QED) is 0.569. The zero-order chi connectivity index (χ0) is 19.7. The van der Waals surface area contributed by atoms with Crippen LogP contribution in [0.4, 0.5) is 10.1 Å². The molecule has 0 atom stereocenters. The third kappa shape index (κ3) is 3.25. The molecule has 0 saturated carbocycles. The van der Waals surface area contributed by atoms with Gasteiger partial charge in [0.05, 0.1) is 28.8 Å². The summed E-state index contributed by atoms with van der Waals surface area (Å²) >= 11 is 6.09. The van der Waals surface area contributed by atoms with Crippen LogP contribution in [0.25, 0.3) is 11.4 Å². The van der Waals surface area contributed by atoms with Crippen LogP contribution in [0.3, 0.4) is 0 Å². The van der Waals surface area contributed by atoms with E-state index in [-0.39, 0.29) is 5.69 Å². The predicted octanol–water partition coefficient (Wildman–Crippen LogP) is 3.81. The van der Waals surface area contributed by atoms with E-state index in [9.17, 15) is 9.18 Å². The standard InChI is InChI=1S/C19H14ClFN6O/c1-12-14(9-23-27(12)17-5-3-2-4-15(17)21)19(28)25-16-8-13(20)6-7-18(16)26-11-22-10-24-26/h2-11H,1H3,(H,25,28). The van der Waals surface area contributed by atoms with Crippen molar-refractivity contribution in [3.05, 3.63) is 83.4 Å². The van der Waals surface area contributed by atoms with Gasteiger partial charge in [-0.25, -0.2) is 18.7 Å². The Balaban J connectivity index is 1.68. The van der Waals surface area contributed by atoms with Crippen molar-refractivity contribution in [3.63, 3.8) is 0 Å². The van der Waals surface area contributed by atoms with Gasteiger partial charge in [0.25, 0.3) is 5.91 Å². The van der Waals surface area contributed by atoms with E-state index in [0.29, 0.717) is 27.7 Å². The Morgan fingerprint density at radius 1 is 1.14 bits per heavy atom. The first kappa shape index (κ1) is 17.9. The second kappa shape index (κ2) is 7.24. The van der Waals surface area contributed by atoms with E-state index in [2.05, 4.69) is 20.5 Å². The van der Waals surface area contributed by atoms with Crippen molar-refractivity contribution in [1.82, 2.24) is 24.5 Å². The van der Waals surface area contributed by atoms with Crippen molar-refractivity contribution in [2.45, 2.75) is 6.92 Å². The fraction of sp³-hybridized carbons (Fsp3) is 0.0526. The minimum absolute atomic E-state index is 0.269. The average molecular weight is 397 g/mol. The number of rotatable bonds is 4. The van der Waals surface area contributed by atoms with Crippen LogP contribution in [-0.2, 0) is 0 Å². The Hall–Kier alpha value is -3.52. The van der Waals surface area contributed by atoms with Crippen molar-refractivity contribution in [1.29, 1.82) is 0 Å². The smallest absolute Gasteiger partial charge is 0.259 e. The van der Waals surface area contributed by atoms with E-state index in [1.807, 2.05) is 0 Å². The summed E-state index contributed by atoms with van der Waals surface area (Å²) in [6, 6.07) is 11.3. The van der Waals surface area contributed by atoms with Gasteiger partial charge in [-0.3, -0.25) is 4.79 Å². The molecule has 2 aromatic heterocycles. The Morgan fingerprint density at radius 2 is 1.96 bits per heavy atom. The average Bonchev–Trinajstić information content (AvgIpc) is 3.32. The van der Waals surface area contributed by atoms with Gasteiger partial charge in [-0.15, -0.1) is 0 Å². The highest BCUT2D eigenvalue weighted by Gasteiger charge is 2.18. The minimum atomic E-state index is -0.427. The van der Waals surface area contributed by atoms with Crippen molar-refractivity contribution < 1.29 is 9.18 Å². The van der Waals surface area contributed by atoms with Crippen molar-refractivity contribution >= 4 is 23.2 Å². The lowest BCUT2D eigenvalue weighted by Gasteiger charge is -2.11. The van der Waals surface area contributed by atoms with E-state index >= 15 is 0 Å². The number of carbonyl (C=O) groups excluding carboxylic acids is 1. The summed E-state index contributed by atoms with van der Waals surface area (Å²) in [5.41, 5.74) is 2.15. The molecule has 1 amide bonds. The van der Waals surface area contributed by atoms with Gasteiger partial charge >= 0.3 is 0 Å². The van der Waals surface area contributed by atoms with Crippen molar-refractivity contribution in [3.8, 4) is 11.4 Å². The van der Waals surface area contributed by atoms with Crippen LogP contribution in [0.5, 0.6) is 0 Å². The van der Waals surface area contributed by atoms with Crippen molar-refractivity contribution in [2.75, 3.05) is 5.32 Å². The highest BCUT2D eigenvalue weighted by molar-refractivity contribution is 6.31. The molecule has 28 heavy (non-hydrogen) atoms.